The van der Waals surface area contributed by atoms with Gasteiger partial charge in [0, 0.05) is 12.1 Å². The molecule has 0 radical (unpaired) electrons. The van der Waals surface area contributed by atoms with Crippen LogP contribution in [-0.4, -0.2) is 24.7 Å². The lowest BCUT2D eigenvalue weighted by atomic mass is 9.97. The Kier molecular flexibility index (Phi) is 4.22. The second kappa shape index (κ2) is 5.22. The van der Waals surface area contributed by atoms with Gasteiger partial charge in [-0.2, -0.15) is 0 Å². The van der Waals surface area contributed by atoms with Crippen molar-refractivity contribution in [2.24, 2.45) is 0 Å². The van der Waals surface area contributed by atoms with Crippen LogP contribution in [-0.2, 0) is 9.53 Å². The molecule has 1 fully saturated rings. The van der Waals surface area contributed by atoms with Gasteiger partial charge in [-0.25, -0.2) is 0 Å². The van der Waals surface area contributed by atoms with Gasteiger partial charge in [0.25, 0.3) is 0 Å². The third-order valence-corrected chi connectivity index (χ3v) is 2.43. The molecule has 0 aromatic heterocycles. The quantitative estimate of drug-likeness (QED) is 0.677. The number of esters is 1. The first kappa shape index (κ1) is 10.5. The zero-order valence-corrected chi connectivity index (χ0v) is 8.51. The van der Waals surface area contributed by atoms with Crippen molar-refractivity contribution in [1.29, 1.82) is 0 Å². The number of carbonyl (C=O) groups excluding carboxylic acids is 1. The highest BCUT2D eigenvalue weighted by molar-refractivity contribution is 5.70. The topological polar surface area (TPSA) is 38.3 Å². The average molecular weight is 185 g/mol. The van der Waals surface area contributed by atoms with E-state index in [2.05, 4.69) is 12.2 Å². The minimum atomic E-state index is -0.0749. The monoisotopic (exact) mass is 185 g/mol. The molecule has 0 unspecified atom stereocenters. The molecule has 76 valence electrons. The first-order valence-corrected chi connectivity index (χ1v) is 5.14. The summed E-state index contributed by atoms with van der Waals surface area (Å²) in [6, 6.07) is 0.885. The van der Waals surface area contributed by atoms with Crippen molar-refractivity contribution in [1.82, 2.24) is 5.32 Å². The van der Waals surface area contributed by atoms with Gasteiger partial charge in [0.15, 0.2) is 0 Å². The van der Waals surface area contributed by atoms with E-state index in [1.165, 1.54) is 12.8 Å². The molecule has 2 atom stereocenters. The zero-order chi connectivity index (χ0) is 9.68. The molecular weight excluding hydrogens is 166 g/mol. The Bertz CT molecular complexity index is 170. The number of carbonyl (C=O) groups is 1. The molecule has 0 saturated carbocycles. The Labute approximate surface area is 79.8 Å². The zero-order valence-electron chi connectivity index (χ0n) is 8.51. The highest BCUT2D eigenvalue weighted by atomic mass is 16.5. The predicted molar refractivity (Wildman–Crippen MR) is 51.5 cm³/mol. The Morgan fingerprint density at radius 3 is 2.92 bits per heavy atom. The van der Waals surface area contributed by atoms with Crippen LogP contribution >= 0.6 is 0 Å². The van der Waals surface area contributed by atoms with Crippen LogP contribution < -0.4 is 5.32 Å². The summed E-state index contributed by atoms with van der Waals surface area (Å²) in [6.45, 7) is 4.49. The van der Waals surface area contributed by atoms with Crippen LogP contribution in [0.25, 0.3) is 0 Å². The maximum atomic E-state index is 11.2. The second-order valence-electron chi connectivity index (χ2n) is 3.70. The number of piperidine rings is 1. The molecule has 0 bridgehead atoms. The van der Waals surface area contributed by atoms with Crippen LogP contribution in [0.15, 0.2) is 0 Å². The number of rotatable bonds is 3. The van der Waals surface area contributed by atoms with E-state index in [4.69, 9.17) is 4.74 Å². The molecule has 0 aromatic carbocycles. The van der Waals surface area contributed by atoms with E-state index in [9.17, 15) is 4.79 Å². The van der Waals surface area contributed by atoms with E-state index in [0.717, 1.165) is 6.42 Å². The van der Waals surface area contributed by atoms with Crippen molar-refractivity contribution in [2.75, 3.05) is 6.61 Å². The third-order valence-electron chi connectivity index (χ3n) is 2.43. The van der Waals surface area contributed by atoms with Crippen molar-refractivity contribution < 1.29 is 9.53 Å². The summed E-state index contributed by atoms with van der Waals surface area (Å²) in [7, 11) is 0. The van der Waals surface area contributed by atoms with E-state index >= 15 is 0 Å². The summed E-state index contributed by atoms with van der Waals surface area (Å²) in [4.78, 5) is 11.2. The standard InChI is InChI=1S/C10H19NO2/c1-3-13-10(12)7-9-6-4-5-8(2)11-9/h8-9,11H,3-7H2,1-2H3/t8-,9-/m0/s1. The lowest BCUT2D eigenvalue weighted by Gasteiger charge is -2.27. The first-order chi connectivity index (χ1) is 6.22. The third kappa shape index (κ3) is 3.77. The molecule has 1 rings (SSSR count). The molecule has 13 heavy (non-hydrogen) atoms. The lowest BCUT2D eigenvalue weighted by Crippen LogP contribution is -2.41. The van der Waals surface area contributed by atoms with Gasteiger partial charge in [-0.05, 0) is 26.7 Å². The Morgan fingerprint density at radius 1 is 1.54 bits per heavy atom. The van der Waals surface area contributed by atoms with Crippen LogP contribution in [0.5, 0.6) is 0 Å². The molecule has 3 heteroatoms. The van der Waals surface area contributed by atoms with Crippen LogP contribution in [0, 0.1) is 0 Å². The summed E-state index contributed by atoms with van der Waals surface area (Å²) >= 11 is 0. The van der Waals surface area contributed by atoms with Gasteiger partial charge >= 0.3 is 5.97 Å². The van der Waals surface area contributed by atoms with Crippen LogP contribution in [0.1, 0.15) is 39.5 Å². The molecule has 1 aliphatic rings. The molecule has 0 aromatic rings. The number of nitrogens with one attached hydrogen (secondary N) is 1. The van der Waals surface area contributed by atoms with Gasteiger partial charge in [-0.15, -0.1) is 0 Å². The Hall–Kier alpha value is -0.570. The average Bonchev–Trinajstić information content (AvgIpc) is 2.04. The van der Waals surface area contributed by atoms with Gasteiger partial charge in [0.2, 0.25) is 0 Å². The van der Waals surface area contributed by atoms with E-state index in [1.54, 1.807) is 0 Å². The van der Waals surface area contributed by atoms with E-state index < -0.39 is 0 Å². The van der Waals surface area contributed by atoms with Crippen molar-refractivity contribution >= 4 is 5.97 Å². The predicted octanol–water partition coefficient (Wildman–Crippen LogP) is 1.47. The fraction of sp³-hybridized carbons (Fsp3) is 0.900. The van der Waals surface area contributed by atoms with Gasteiger partial charge < -0.3 is 10.1 Å². The molecular formula is C10H19NO2. The summed E-state index contributed by atoms with van der Waals surface area (Å²) in [5, 5.41) is 3.40. The number of ether oxygens (including phenoxy) is 1. The highest BCUT2D eigenvalue weighted by Crippen LogP contribution is 2.14. The Balaban J connectivity index is 2.23. The van der Waals surface area contributed by atoms with Crippen LogP contribution in [0.3, 0.4) is 0 Å². The Morgan fingerprint density at radius 2 is 2.31 bits per heavy atom. The van der Waals surface area contributed by atoms with Crippen molar-refractivity contribution in [3.8, 4) is 0 Å². The normalized spacial score (nSPS) is 28.5. The van der Waals surface area contributed by atoms with Gasteiger partial charge in [0.1, 0.15) is 0 Å². The molecule has 0 spiro atoms. The van der Waals surface area contributed by atoms with Gasteiger partial charge in [-0.3, -0.25) is 4.79 Å². The van der Waals surface area contributed by atoms with Crippen LogP contribution in [0.2, 0.25) is 0 Å². The largest absolute Gasteiger partial charge is 0.466 e. The fourth-order valence-electron chi connectivity index (χ4n) is 1.82. The molecule has 3 nitrogen and oxygen atoms in total. The molecule has 0 amide bonds. The summed E-state index contributed by atoms with van der Waals surface area (Å²) < 4.78 is 4.90. The summed E-state index contributed by atoms with van der Waals surface area (Å²) in [6.07, 6.45) is 4.07. The minimum Gasteiger partial charge on any atom is -0.466 e. The van der Waals surface area contributed by atoms with Crippen molar-refractivity contribution in [3.05, 3.63) is 0 Å². The molecule has 1 aliphatic heterocycles. The smallest absolute Gasteiger partial charge is 0.307 e. The summed E-state index contributed by atoms with van der Waals surface area (Å²) in [5.41, 5.74) is 0. The fourth-order valence-corrected chi connectivity index (χ4v) is 1.82. The second-order valence-corrected chi connectivity index (χ2v) is 3.70. The molecule has 1 saturated heterocycles. The summed E-state index contributed by atoms with van der Waals surface area (Å²) in [5.74, 6) is -0.0749. The molecule has 0 aliphatic carbocycles. The first-order valence-electron chi connectivity index (χ1n) is 5.14. The van der Waals surface area contributed by atoms with E-state index in [1.807, 2.05) is 6.92 Å². The number of hydrogen-bond acceptors (Lipinski definition) is 3. The maximum Gasteiger partial charge on any atom is 0.307 e. The minimum absolute atomic E-state index is 0.0749. The van der Waals surface area contributed by atoms with Gasteiger partial charge in [0.05, 0.1) is 13.0 Å². The van der Waals surface area contributed by atoms with E-state index in [0.29, 0.717) is 25.1 Å². The number of hydrogen-bond donors (Lipinski definition) is 1. The maximum absolute atomic E-state index is 11.2. The van der Waals surface area contributed by atoms with E-state index in [-0.39, 0.29) is 5.97 Å². The molecule has 1 N–H and O–H groups in total. The van der Waals surface area contributed by atoms with Crippen LogP contribution in [0.4, 0.5) is 0 Å². The SMILES string of the molecule is CCOC(=O)C[C@@H]1CCC[C@H](C)N1. The van der Waals surface area contributed by atoms with Crippen molar-refractivity contribution in [2.45, 2.75) is 51.6 Å². The van der Waals surface area contributed by atoms with Crippen molar-refractivity contribution in [3.63, 3.8) is 0 Å². The molecule has 1 heterocycles. The van der Waals surface area contributed by atoms with Gasteiger partial charge in [-0.1, -0.05) is 6.42 Å². The highest BCUT2D eigenvalue weighted by Gasteiger charge is 2.20. The lowest BCUT2D eigenvalue weighted by molar-refractivity contribution is -0.143.